The molecular weight excluding hydrogens is 566 g/mol. The Kier molecular flexibility index (Phi) is 8.29. The zero-order valence-electron chi connectivity index (χ0n) is 13.8. The van der Waals surface area contributed by atoms with E-state index in [2.05, 4.69) is 30.9 Å². The molecule has 4 aromatic rings. The van der Waals surface area contributed by atoms with E-state index in [4.69, 9.17) is 0 Å². The van der Waals surface area contributed by atoms with Gasteiger partial charge in [0, 0.05) is 72.3 Å². The van der Waals surface area contributed by atoms with Gasteiger partial charge in [-0.3, -0.25) is 15.0 Å². The van der Waals surface area contributed by atoms with E-state index < -0.39 is 0 Å². The zero-order valence-corrected chi connectivity index (χ0v) is 17.8. The van der Waals surface area contributed by atoms with Crippen molar-refractivity contribution in [3.63, 3.8) is 0 Å². The van der Waals surface area contributed by atoms with Crippen molar-refractivity contribution in [1.82, 2.24) is 15.0 Å². The maximum Gasteiger partial charge on any atom is 0.0796 e. The van der Waals surface area contributed by atoms with Crippen LogP contribution in [0.4, 0.5) is 0 Å². The van der Waals surface area contributed by atoms with Crippen LogP contribution in [0.5, 0.6) is 0 Å². The maximum atomic E-state index is 4.46. The Balaban J connectivity index is 0.000000258. The molecule has 3 aromatic heterocycles. The normalized spacial score (nSPS) is 9.42. The van der Waals surface area contributed by atoms with Crippen LogP contribution in [-0.2, 0) is 20.1 Å². The Morgan fingerprint density at radius 2 is 1.23 bits per heavy atom. The Bertz CT molecular complexity index is 845. The summed E-state index contributed by atoms with van der Waals surface area (Å²) in [4.78, 5) is 12.8. The van der Waals surface area contributed by atoms with Crippen molar-refractivity contribution >= 4 is 15.9 Å². The monoisotopic (exact) mass is 582 g/mol. The van der Waals surface area contributed by atoms with E-state index >= 15 is 0 Å². The number of benzene rings is 1. The molecular formula is C21H16BrIrN3. The molecule has 0 aliphatic carbocycles. The van der Waals surface area contributed by atoms with Crippen LogP contribution in [0.15, 0.2) is 102 Å². The summed E-state index contributed by atoms with van der Waals surface area (Å²) < 4.78 is 1.13. The predicted octanol–water partition coefficient (Wildman–Crippen LogP) is 5.65. The molecule has 4 rings (SSSR count). The Hall–Kier alpha value is -2.20. The summed E-state index contributed by atoms with van der Waals surface area (Å²) >= 11 is 3.31. The molecule has 131 valence electrons. The van der Waals surface area contributed by atoms with Crippen molar-refractivity contribution < 1.29 is 20.1 Å². The molecule has 26 heavy (non-hydrogen) atoms. The first kappa shape index (κ1) is 20.1. The molecule has 0 saturated carbocycles. The van der Waals surface area contributed by atoms with Crippen molar-refractivity contribution in [3.05, 3.63) is 102 Å². The third kappa shape index (κ3) is 5.67. The minimum Gasteiger partial charge on any atom is -0.264 e. The van der Waals surface area contributed by atoms with Crippen LogP contribution in [0.1, 0.15) is 0 Å². The van der Waals surface area contributed by atoms with Gasteiger partial charge in [0.1, 0.15) is 0 Å². The SMILES string of the molecule is Brc1ccccc1.[Ir].c1cncc(-c2cccnc2-c2cccnc2)c1. The van der Waals surface area contributed by atoms with Gasteiger partial charge in [-0.05, 0) is 36.4 Å². The summed E-state index contributed by atoms with van der Waals surface area (Å²) in [6.07, 6.45) is 8.99. The van der Waals surface area contributed by atoms with Gasteiger partial charge in [-0.15, -0.1) is 0 Å². The second kappa shape index (κ2) is 10.7. The van der Waals surface area contributed by atoms with Gasteiger partial charge < -0.3 is 0 Å². The quantitative estimate of drug-likeness (QED) is 0.307. The average Bonchev–Trinajstić information content (AvgIpc) is 2.70. The molecule has 0 atom stereocenters. The van der Waals surface area contributed by atoms with Gasteiger partial charge in [-0.1, -0.05) is 46.3 Å². The molecule has 0 aliphatic rings. The second-order valence-electron chi connectivity index (χ2n) is 5.18. The van der Waals surface area contributed by atoms with E-state index in [1.165, 1.54) is 0 Å². The number of halogens is 1. The minimum absolute atomic E-state index is 0. The first-order chi connectivity index (χ1) is 12.3. The molecule has 0 aliphatic heterocycles. The molecule has 0 bridgehead atoms. The molecule has 0 amide bonds. The molecule has 1 radical (unpaired) electrons. The fraction of sp³-hybridized carbons (Fsp3) is 0. The van der Waals surface area contributed by atoms with Crippen LogP contribution >= 0.6 is 15.9 Å². The summed E-state index contributed by atoms with van der Waals surface area (Å²) in [6.45, 7) is 0. The van der Waals surface area contributed by atoms with E-state index in [1.54, 1.807) is 18.6 Å². The van der Waals surface area contributed by atoms with Crippen molar-refractivity contribution in [2.24, 2.45) is 0 Å². The van der Waals surface area contributed by atoms with Crippen molar-refractivity contribution in [3.8, 4) is 22.4 Å². The van der Waals surface area contributed by atoms with Crippen LogP contribution in [0.25, 0.3) is 22.4 Å². The zero-order chi connectivity index (χ0) is 17.3. The second-order valence-corrected chi connectivity index (χ2v) is 6.09. The third-order valence-corrected chi connectivity index (χ3v) is 3.98. The van der Waals surface area contributed by atoms with Crippen molar-refractivity contribution in [2.45, 2.75) is 0 Å². The number of nitrogens with zero attached hydrogens (tertiary/aromatic N) is 3. The molecule has 5 heteroatoms. The molecule has 0 unspecified atom stereocenters. The fourth-order valence-electron chi connectivity index (χ4n) is 2.31. The van der Waals surface area contributed by atoms with Gasteiger partial charge in [0.25, 0.3) is 0 Å². The number of hydrogen-bond donors (Lipinski definition) is 0. The molecule has 0 spiro atoms. The van der Waals surface area contributed by atoms with Crippen LogP contribution in [-0.4, -0.2) is 15.0 Å². The van der Waals surface area contributed by atoms with E-state index in [0.717, 1.165) is 26.9 Å². The van der Waals surface area contributed by atoms with Gasteiger partial charge in [0.2, 0.25) is 0 Å². The number of pyridine rings is 3. The van der Waals surface area contributed by atoms with Gasteiger partial charge in [-0.25, -0.2) is 0 Å². The predicted molar refractivity (Wildman–Crippen MR) is 105 cm³/mol. The van der Waals surface area contributed by atoms with Gasteiger partial charge >= 0.3 is 0 Å². The van der Waals surface area contributed by atoms with Gasteiger partial charge in [0.15, 0.2) is 0 Å². The minimum atomic E-state index is 0. The van der Waals surface area contributed by atoms with E-state index in [0.29, 0.717) is 0 Å². The molecule has 3 nitrogen and oxygen atoms in total. The first-order valence-corrected chi connectivity index (χ1v) is 8.60. The van der Waals surface area contributed by atoms with Crippen LogP contribution in [0.2, 0.25) is 0 Å². The average molecular weight is 583 g/mol. The van der Waals surface area contributed by atoms with Crippen molar-refractivity contribution in [2.75, 3.05) is 0 Å². The van der Waals surface area contributed by atoms with Crippen LogP contribution < -0.4 is 0 Å². The van der Waals surface area contributed by atoms with Gasteiger partial charge in [-0.2, -0.15) is 0 Å². The van der Waals surface area contributed by atoms with Gasteiger partial charge in [0.05, 0.1) is 5.69 Å². The molecule has 3 heterocycles. The maximum absolute atomic E-state index is 4.46. The van der Waals surface area contributed by atoms with E-state index in [1.807, 2.05) is 79.1 Å². The summed E-state index contributed by atoms with van der Waals surface area (Å²) in [7, 11) is 0. The number of hydrogen-bond acceptors (Lipinski definition) is 3. The topological polar surface area (TPSA) is 38.7 Å². The molecule has 1 aromatic carbocycles. The smallest absolute Gasteiger partial charge is 0.0796 e. The molecule has 0 N–H and O–H groups in total. The molecule has 0 saturated heterocycles. The fourth-order valence-corrected chi connectivity index (χ4v) is 2.61. The summed E-state index contributed by atoms with van der Waals surface area (Å²) in [5, 5.41) is 0. The van der Waals surface area contributed by atoms with Crippen molar-refractivity contribution in [1.29, 1.82) is 0 Å². The Morgan fingerprint density at radius 1 is 0.615 bits per heavy atom. The Labute approximate surface area is 175 Å². The number of aromatic nitrogens is 3. The third-order valence-electron chi connectivity index (χ3n) is 3.45. The number of rotatable bonds is 2. The summed E-state index contributed by atoms with van der Waals surface area (Å²) in [5.74, 6) is 0. The standard InChI is InChI=1S/C15H11N3.C6H5Br.Ir/c1-4-12(10-16-7-1)14-6-3-9-18-15(14)13-5-2-8-17-11-13;7-6-4-2-1-3-5-6;/h1-11H;1-5H;. The first-order valence-electron chi connectivity index (χ1n) is 7.81. The van der Waals surface area contributed by atoms with E-state index in [-0.39, 0.29) is 20.1 Å². The molecule has 0 fully saturated rings. The van der Waals surface area contributed by atoms with E-state index in [9.17, 15) is 0 Å². The van der Waals surface area contributed by atoms with Crippen LogP contribution in [0, 0.1) is 0 Å². The largest absolute Gasteiger partial charge is 0.264 e. The summed E-state index contributed by atoms with van der Waals surface area (Å²) in [5.41, 5.74) is 4.07. The van der Waals surface area contributed by atoms with Crippen LogP contribution in [0.3, 0.4) is 0 Å². The summed E-state index contributed by atoms with van der Waals surface area (Å²) in [6, 6.07) is 21.8. The Morgan fingerprint density at radius 3 is 1.77 bits per heavy atom.